The molecule has 0 atom stereocenters. The van der Waals surface area contributed by atoms with E-state index in [1.165, 1.54) is 4.90 Å². The number of carbonyl (C=O) groups excluding carboxylic acids is 1. The lowest BCUT2D eigenvalue weighted by Crippen LogP contribution is -2.42. The second kappa shape index (κ2) is 6.78. The van der Waals surface area contributed by atoms with Gasteiger partial charge >= 0.3 is 12.0 Å². The number of nitrogens with one attached hydrogen (secondary N) is 1. The van der Waals surface area contributed by atoms with E-state index in [1.807, 2.05) is 0 Å². The lowest BCUT2D eigenvalue weighted by atomic mass is 10.4. The van der Waals surface area contributed by atoms with Crippen LogP contribution in [0.4, 0.5) is 4.79 Å². The Morgan fingerprint density at radius 3 is 2.64 bits per heavy atom. The summed E-state index contributed by atoms with van der Waals surface area (Å²) in [6.45, 7) is 2.14. The monoisotopic (exact) mass is 198 g/mol. The molecule has 0 aliphatic carbocycles. The Labute approximate surface area is 83.1 Å². The molecule has 5 heteroatoms. The van der Waals surface area contributed by atoms with Gasteiger partial charge < -0.3 is 15.3 Å². The van der Waals surface area contributed by atoms with Crippen molar-refractivity contribution in [3.05, 3.63) is 0 Å². The summed E-state index contributed by atoms with van der Waals surface area (Å²) in [5.74, 6) is 1.34. The molecule has 2 amide bonds. The largest absolute Gasteiger partial charge is 0.480 e. The fourth-order valence-electron chi connectivity index (χ4n) is 0.844. The van der Waals surface area contributed by atoms with E-state index in [-0.39, 0.29) is 6.54 Å². The number of carboxylic acids is 1. The summed E-state index contributed by atoms with van der Waals surface area (Å²) in [6.07, 6.45) is 5.44. The van der Waals surface area contributed by atoms with E-state index in [0.29, 0.717) is 19.5 Å². The van der Waals surface area contributed by atoms with Gasteiger partial charge in [-0.05, 0) is 6.92 Å². The van der Waals surface area contributed by atoms with Gasteiger partial charge in [-0.1, -0.05) is 0 Å². The molecule has 2 N–H and O–H groups in total. The highest BCUT2D eigenvalue weighted by atomic mass is 16.4. The van der Waals surface area contributed by atoms with Crippen LogP contribution < -0.4 is 5.32 Å². The molecule has 5 nitrogen and oxygen atoms in total. The first-order valence-corrected chi connectivity index (χ1v) is 4.29. The molecule has 0 saturated heterocycles. The predicted molar refractivity (Wildman–Crippen MR) is 51.7 cm³/mol. The van der Waals surface area contributed by atoms with Crippen molar-refractivity contribution >= 4 is 12.0 Å². The van der Waals surface area contributed by atoms with Crippen LogP contribution in [0, 0.1) is 12.3 Å². The number of carbonyl (C=O) groups is 2. The third kappa shape index (κ3) is 5.04. The highest BCUT2D eigenvalue weighted by Crippen LogP contribution is 1.89. The molecule has 0 fully saturated rings. The smallest absolute Gasteiger partial charge is 0.323 e. The maximum atomic E-state index is 11.3. The van der Waals surface area contributed by atoms with Crippen molar-refractivity contribution in [1.29, 1.82) is 0 Å². The van der Waals surface area contributed by atoms with Crippen molar-refractivity contribution in [3.8, 4) is 12.3 Å². The van der Waals surface area contributed by atoms with E-state index < -0.39 is 12.0 Å². The summed E-state index contributed by atoms with van der Waals surface area (Å²) in [5, 5.41) is 11.0. The van der Waals surface area contributed by atoms with Crippen LogP contribution in [0.25, 0.3) is 0 Å². The zero-order valence-electron chi connectivity index (χ0n) is 8.12. The molecule has 0 aliphatic heterocycles. The fraction of sp³-hybridized carbons (Fsp3) is 0.556. The summed E-state index contributed by atoms with van der Waals surface area (Å²) in [7, 11) is 0. The zero-order valence-corrected chi connectivity index (χ0v) is 8.12. The Bertz CT molecular complexity index is 245. The maximum absolute atomic E-state index is 11.3. The van der Waals surface area contributed by atoms with E-state index in [9.17, 15) is 9.59 Å². The standard InChI is InChI=1S/C9H14N2O3/c1-3-5-6-10-9(14)11(4-2)7-8(12)13/h1H,4-7H2,2H3,(H,10,14)(H,12,13). The molecule has 0 aromatic rings. The van der Waals surface area contributed by atoms with Gasteiger partial charge in [0.1, 0.15) is 6.54 Å². The van der Waals surface area contributed by atoms with Crippen LogP contribution in [0.15, 0.2) is 0 Å². The number of rotatable bonds is 5. The molecule has 0 aromatic heterocycles. The Balaban J connectivity index is 3.93. The second-order valence-corrected chi connectivity index (χ2v) is 2.59. The minimum Gasteiger partial charge on any atom is -0.480 e. The molecule has 0 unspecified atom stereocenters. The van der Waals surface area contributed by atoms with E-state index in [2.05, 4.69) is 11.2 Å². The Hall–Kier alpha value is -1.70. The summed E-state index contributed by atoms with van der Waals surface area (Å²) in [5.41, 5.74) is 0. The maximum Gasteiger partial charge on any atom is 0.323 e. The number of hydrogen-bond donors (Lipinski definition) is 2. The number of nitrogens with zero attached hydrogens (tertiary/aromatic N) is 1. The number of carboxylic acid groups (broad SMARTS) is 1. The van der Waals surface area contributed by atoms with Crippen LogP contribution in [0.3, 0.4) is 0 Å². The molecule has 0 bridgehead atoms. The molecule has 0 heterocycles. The molecular weight excluding hydrogens is 184 g/mol. The van der Waals surface area contributed by atoms with Crippen molar-refractivity contribution in [2.24, 2.45) is 0 Å². The number of aliphatic carboxylic acids is 1. The minimum atomic E-state index is -1.03. The zero-order chi connectivity index (χ0) is 11.0. The van der Waals surface area contributed by atoms with Crippen LogP contribution in [-0.4, -0.2) is 41.6 Å². The van der Waals surface area contributed by atoms with Crippen LogP contribution in [0.1, 0.15) is 13.3 Å². The van der Waals surface area contributed by atoms with E-state index in [4.69, 9.17) is 11.5 Å². The van der Waals surface area contributed by atoms with Gasteiger partial charge in [-0.2, -0.15) is 0 Å². The second-order valence-electron chi connectivity index (χ2n) is 2.59. The van der Waals surface area contributed by atoms with Gasteiger partial charge in [0, 0.05) is 19.5 Å². The fourth-order valence-corrected chi connectivity index (χ4v) is 0.844. The molecule has 14 heavy (non-hydrogen) atoms. The van der Waals surface area contributed by atoms with Gasteiger partial charge in [-0.25, -0.2) is 4.79 Å². The quantitative estimate of drug-likeness (QED) is 0.487. The molecule has 0 saturated carbocycles. The van der Waals surface area contributed by atoms with E-state index in [0.717, 1.165) is 0 Å². The third-order valence-electron chi connectivity index (χ3n) is 1.54. The van der Waals surface area contributed by atoms with Gasteiger partial charge in [-0.3, -0.25) is 4.79 Å². The van der Waals surface area contributed by atoms with Crippen LogP contribution >= 0.6 is 0 Å². The highest BCUT2D eigenvalue weighted by Gasteiger charge is 2.13. The number of urea groups is 1. The summed E-state index contributed by atoms with van der Waals surface area (Å²) < 4.78 is 0. The summed E-state index contributed by atoms with van der Waals surface area (Å²) in [4.78, 5) is 22.8. The Kier molecular flexibility index (Phi) is 5.95. The third-order valence-corrected chi connectivity index (χ3v) is 1.54. The average Bonchev–Trinajstić information content (AvgIpc) is 2.14. The van der Waals surface area contributed by atoms with Crippen molar-refractivity contribution in [2.75, 3.05) is 19.6 Å². The summed E-state index contributed by atoms with van der Waals surface area (Å²) >= 11 is 0. The summed E-state index contributed by atoms with van der Waals surface area (Å²) in [6, 6.07) is -0.398. The van der Waals surface area contributed by atoms with Gasteiger partial charge in [0.25, 0.3) is 0 Å². The first-order valence-electron chi connectivity index (χ1n) is 4.29. The minimum absolute atomic E-state index is 0.293. The number of hydrogen-bond acceptors (Lipinski definition) is 2. The number of likely N-dealkylation sites (N-methyl/N-ethyl adjacent to an activating group) is 1. The molecule has 0 spiro atoms. The lowest BCUT2D eigenvalue weighted by molar-refractivity contribution is -0.137. The van der Waals surface area contributed by atoms with Gasteiger partial charge in [0.15, 0.2) is 0 Å². The number of amides is 2. The topological polar surface area (TPSA) is 69.6 Å². The SMILES string of the molecule is C#CCCNC(=O)N(CC)CC(=O)O. The van der Waals surface area contributed by atoms with E-state index >= 15 is 0 Å². The first-order chi connectivity index (χ1) is 6.61. The van der Waals surface area contributed by atoms with Gasteiger partial charge in [0.2, 0.25) is 0 Å². The first kappa shape index (κ1) is 12.3. The van der Waals surface area contributed by atoms with Crippen molar-refractivity contribution in [3.63, 3.8) is 0 Å². The van der Waals surface area contributed by atoms with Crippen LogP contribution in [0.5, 0.6) is 0 Å². The predicted octanol–water partition coefficient (Wildman–Crippen LogP) is 0.126. The lowest BCUT2D eigenvalue weighted by Gasteiger charge is -2.18. The van der Waals surface area contributed by atoms with Crippen LogP contribution in [-0.2, 0) is 4.79 Å². The van der Waals surface area contributed by atoms with Crippen molar-refractivity contribution in [1.82, 2.24) is 10.2 Å². The van der Waals surface area contributed by atoms with Crippen LogP contribution in [0.2, 0.25) is 0 Å². The molecule has 0 aromatic carbocycles. The normalized spacial score (nSPS) is 8.86. The molecular formula is C9H14N2O3. The molecule has 0 aliphatic rings. The Morgan fingerprint density at radius 1 is 1.57 bits per heavy atom. The van der Waals surface area contributed by atoms with Gasteiger partial charge in [0.05, 0.1) is 0 Å². The molecule has 0 radical (unpaired) electrons. The average molecular weight is 198 g/mol. The van der Waals surface area contributed by atoms with Gasteiger partial charge in [-0.15, -0.1) is 12.3 Å². The molecule has 0 rings (SSSR count). The highest BCUT2D eigenvalue weighted by molar-refractivity contribution is 5.79. The number of terminal acetylenes is 1. The van der Waals surface area contributed by atoms with Crippen molar-refractivity contribution < 1.29 is 14.7 Å². The van der Waals surface area contributed by atoms with E-state index in [1.54, 1.807) is 6.92 Å². The Morgan fingerprint density at radius 2 is 2.21 bits per heavy atom. The molecule has 78 valence electrons. The van der Waals surface area contributed by atoms with Crippen molar-refractivity contribution in [2.45, 2.75) is 13.3 Å².